The number of amides is 1. The monoisotopic (exact) mass is 270 g/mol. The van der Waals surface area contributed by atoms with Gasteiger partial charge in [-0.25, -0.2) is 0 Å². The minimum atomic E-state index is 0.0869. The van der Waals surface area contributed by atoms with Gasteiger partial charge in [0.2, 0.25) is 0 Å². The van der Waals surface area contributed by atoms with Crippen LogP contribution < -0.4 is 0 Å². The summed E-state index contributed by atoms with van der Waals surface area (Å²) in [4.78, 5) is 14.6. The van der Waals surface area contributed by atoms with Crippen LogP contribution in [0.1, 0.15) is 35.2 Å². The quantitative estimate of drug-likeness (QED) is 0.842. The van der Waals surface area contributed by atoms with E-state index >= 15 is 0 Å². The zero-order valence-electron chi connectivity index (χ0n) is 11.4. The van der Waals surface area contributed by atoms with E-state index < -0.39 is 0 Å². The average molecular weight is 270 g/mol. The van der Waals surface area contributed by atoms with Crippen molar-refractivity contribution in [1.29, 1.82) is 5.26 Å². The molecule has 1 saturated heterocycles. The van der Waals surface area contributed by atoms with Gasteiger partial charge in [-0.05, 0) is 43.5 Å². The molecule has 1 aromatic carbocycles. The van der Waals surface area contributed by atoms with E-state index in [1.165, 1.54) is 0 Å². The summed E-state index contributed by atoms with van der Waals surface area (Å²) < 4.78 is 5.40. The maximum atomic E-state index is 12.6. The molecule has 4 heteroatoms. The number of hydrogen-bond acceptors (Lipinski definition) is 3. The lowest BCUT2D eigenvalue weighted by Crippen LogP contribution is -2.37. The van der Waals surface area contributed by atoms with Crippen molar-refractivity contribution in [2.24, 2.45) is 5.92 Å². The first kappa shape index (κ1) is 13.1. The standard InChI is InChI=1S/C16H18N2O2/c17-9-12-1-3-14(4-2-12)16(19)18(15-5-6-15)10-13-7-8-20-11-13/h1-4,13,15H,5-8,10-11H2/t13-/m1/s1. The zero-order valence-corrected chi connectivity index (χ0v) is 11.4. The summed E-state index contributed by atoms with van der Waals surface area (Å²) in [5.74, 6) is 0.557. The number of nitriles is 1. The molecule has 1 aliphatic carbocycles. The third kappa shape index (κ3) is 2.83. The molecule has 4 nitrogen and oxygen atoms in total. The van der Waals surface area contributed by atoms with E-state index in [2.05, 4.69) is 6.07 Å². The molecule has 0 bridgehead atoms. The molecule has 1 aromatic rings. The Morgan fingerprint density at radius 2 is 2.05 bits per heavy atom. The lowest BCUT2D eigenvalue weighted by molar-refractivity contribution is 0.0706. The number of benzene rings is 1. The first-order valence-corrected chi connectivity index (χ1v) is 7.17. The Kier molecular flexibility index (Phi) is 3.70. The zero-order chi connectivity index (χ0) is 13.9. The van der Waals surface area contributed by atoms with Gasteiger partial charge in [-0.1, -0.05) is 0 Å². The summed E-state index contributed by atoms with van der Waals surface area (Å²) >= 11 is 0. The molecule has 20 heavy (non-hydrogen) atoms. The second kappa shape index (κ2) is 5.64. The second-order valence-electron chi connectivity index (χ2n) is 5.61. The summed E-state index contributed by atoms with van der Waals surface area (Å²) in [5, 5.41) is 8.80. The number of carbonyl (C=O) groups is 1. The number of carbonyl (C=O) groups excluding carboxylic acids is 1. The van der Waals surface area contributed by atoms with Crippen LogP contribution >= 0.6 is 0 Å². The first-order chi connectivity index (χ1) is 9.78. The van der Waals surface area contributed by atoms with Crippen LogP contribution in [-0.4, -0.2) is 36.6 Å². The van der Waals surface area contributed by atoms with Crippen LogP contribution in [0.3, 0.4) is 0 Å². The highest BCUT2D eigenvalue weighted by atomic mass is 16.5. The number of rotatable bonds is 4. The minimum absolute atomic E-state index is 0.0869. The lowest BCUT2D eigenvalue weighted by Gasteiger charge is -2.25. The number of ether oxygens (including phenoxy) is 1. The predicted octanol–water partition coefficient (Wildman–Crippen LogP) is 2.20. The fourth-order valence-corrected chi connectivity index (χ4v) is 2.64. The third-order valence-corrected chi connectivity index (χ3v) is 3.99. The Morgan fingerprint density at radius 3 is 2.60 bits per heavy atom. The molecule has 2 aliphatic rings. The highest BCUT2D eigenvalue weighted by Gasteiger charge is 2.35. The average Bonchev–Trinajstić information content (AvgIpc) is 3.21. The molecule has 2 fully saturated rings. The topological polar surface area (TPSA) is 53.3 Å². The van der Waals surface area contributed by atoms with E-state index in [-0.39, 0.29) is 5.91 Å². The molecule has 3 rings (SSSR count). The Morgan fingerprint density at radius 1 is 1.30 bits per heavy atom. The van der Waals surface area contributed by atoms with Crippen LogP contribution in [0.2, 0.25) is 0 Å². The van der Waals surface area contributed by atoms with Gasteiger partial charge in [-0.3, -0.25) is 4.79 Å². The van der Waals surface area contributed by atoms with E-state index in [9.17, 15) is 4.79 Å². The van der Waals surface area contributed by atoms with E-state index in [0.29, 0.717) is 23.1 Å². The van der Waals surface area contributed by atoms with Gasteiger partial charge in [-0.2, -0.15) is 5.26 Å². The molecular weight excluding hydrogens is 252 g/mol. The molecule has 1 atom stereocenters. The van der Waals surface area contributed by atoms with E-state index in [0.717, 1.165) is 39.0 Å². The van der Waals surface area contributed by atoms with Gasteiger partial charge in [0.05, 0.1) is 18.2 Å². The molecule has 0 spiro atoms. The van der Waals surface area contributed by atoms with Crippen molar-refractivity contribution in [1.82, 2.24) is 4.90 Å². The summed E-state index contributed by atoms with van der Waals surface area (Å²) in [6, 6.07) is 9.39. The highest BCUT2D eigenvalue weighted by molar-refractivity contribution is 5.94. The third-order valence-electron chi connectivity index (χ3n) is 3.99. The summed E-state index contributed by atoms with van der Waals surface area (Å²) in [5.41, 5.74) is 1.26. The molecule has 1 saturated carbocycles. The lowest BCUT2D eigenvalue weighted by atomic mass is 10.1. The van der Waals surface area contributed by atoms with Gasteiger partial charge in [0.25, 0.3) is 5.91 Å². The smallest absolute Gasteiger partial charge is 0.254 e. The first-order valence-electron chi connectivity index (χ1n) is 7.17. The molecule has 0 aromatic heterocycles. The Hall–Kier alpha value is -1.86. The molecule has 1 amide bonds. The molecule has 1 heterocycles. The molecule has 104 valence electrons. The van der Waals surface area contributed by atoms with Gasteiger partial charge < -0.3 is 9.64 Å². The van der Waals surface area contributed by atoms with Gasteiger partial charge in [-0.15, -0.1) is 0 Å². The highest BCUT2D eigenvalue weighted by Crippen LogP contribution is 2.30. The van der Waals surface area contributed by atoms with Crippen molar-refractivity contribution < 1.29 is 9.53 Å². The van der Waals surface area contributed by atoms with Gasteiger partial charge >= 0.3 is 0 Å². The van der Waals surface area contributed by atoms with Crippen LogP contribution in [0.25, 0.3) is 0 Å². The number of hydrogen-bond donors (Lipinski definition) is 0. The van der Waals surface area contributed by atoms with Crippen LogP contribution in [0.4, 0.5) is 0 Å². The maximum absolute atomic E-state index is 12.6. The summed E-state index contributed by atoms with van der Waals surface area (Å²) in [6.45, 7) is 2.38. The normalized spacial score (nSPS) is 21.4. The fraction of sp³-hybridized carbons (Fsp3) is 0.500. The van der Waals surface area contributed by atoms with E-state index in [1.807, 2.05) is 4.90 Å². The largest absolute Gasteiger partial charge is 0.381 e. The van der Waals surface area contributed by atoms with Crippen molar-refractivity contribution in [3.8, 4) is 6.07 Å². The van der Waals surface area contributed by atoms with Crippen molar-refractivity contribution >= 4 is 5.91 Å². The van der Waals surface area contributed by atoms with Crippen molar-refractivity contribution in [2.45, 2.75) is 25.3 Å². The SMILES string of the molecule is N#Cc1ccc(C(=O)N(C[C@H]2CCOC2)C2CC2)cc1. The molecule has 1 aliphatic heterocycles. The summed E-state index contributed by atoms with van der Waals surface area (Å²) in [6.07, 6.45) is 3.26. The van der Waals surface area contributed by atoms with Crippen LogP contribution in [0.5, 0.6) is 0 Å². The van der Waals surface area contributed by atoms with Crippen LogP contribution in [0, 0.1) is 17.2 Å². The molecule has 0 radical (unpaired) electrons. The molecule has 0 unspecified atom stereocenters. The fourth-order valence-electron chi connectivity index (χ4n) is 2.64. The number of nitrogens with zero attached hydrogens (tertiary/aromatic N) is 2. The minimum Gasteiger partial charge on any atom is -0.381 e. The molecular formula is C16H18N2O2. The van der Waals surface area contributed by atoms with E-state index in [4.69, 9.17) is 10.00 Å². The van der Waals surface area contributed by atoms with Gasteiger partial charge in [0.15, 0.2) is 0 Å². The Bertz CT molecular complexity index is 522. The maximum Gasteiger partial charge on any atom is 0.254 e. The predicted molar refractivity (Wildman–Crippen MR) is 74.1 cm³/mol. The molecule has 0 N–H and O–H groups in total. The van der Waals surface area contributed by atoms with Crippen LogP contribution in [0.15, 0.2) is 24.3 Å². The Labute approximate surface area is 118 Å². The van der Waals surface area contributed by atoms with Crippen molar-refractivity contribution in [3.05, 3.63) is 35.4 Å². The van der Waals surface area contributed by atoms with Gasteiger partial charge in [0, 0.05) is 30.7 Å². The van der Waals surface area contributed by atoms with E-state index in [1.54, 1.807) is 24.3 Å². The second-order valence-corrected chi connectivity index (χ2v) is 5.61. The van der Waals surface area contributed by atoms with Crippen molar-refractivity contribution in [3.63, 3.8) is 0 Å². The van der Waals surface area contributed by atoms with Crippen molar-refractivity contribution in [2.75, 3.05) is 19.8 Å². The van der Waals surface area contributed by atoms with Crippen LogP contribution in [-0.2, 0) is 4.74 Å². The van der Waals surface area contributed by atoms with Gasteiger partial charge in [0.1, 0.15) is 0 Å². The Balaban J connectivity index is 1.72. The summed E-state index contributed by atoms with van der Waals surface area (Å²) in [7, 11) is 0.